The van der Waals surface area contributed by atoms with Crippen molar-refractivity contribution in [2.45, 2.75) is 26.0 Å². The molecule has 1 heterocycles. The predicted octanol–water partition coefficient (Wildman–Crippen LogP) is 1.47. The van der Waals surface area contributed by atoms with E-state index in [0.717, 1.165) is 31.7 Å². The summed E-state index contributed by atoms with van der Waals surface area (Å²) in [5.74, 6) is 0.421. The average Bonchev–Trinajstić information content (AvgIpc) is 2.70. The fraction of sp³-hybridized carbons (Fsp3) is 0.538. The van der Waals surface area contributed by atoms with Gasteiger partial charge in [-0.05, 0) is 37.4 Å². The van der Waals surface area contributed by atoms with E-state index in [1.54, 1.807) is 0 Å². The van der Waals surface area contributed by atoms with Crippen molar-refractivity contribution in [3.8, 4) is 0 Å². The van der Waals surface area contributed by atoms with E-state index in [4.69, 9.17) is 5.73 Å². The minimum Gasteiger partial charge on any atom is -0.398 e. The monoisotopic (exact) mass is 220 g/mol. The van der Waals surface area contributed by atoms with Crippen molar-refractivity contribution in [1.29, 1.82) is 0 Å². The van der Waals surface area contributed by atoms with Crippen LogP contribution in [0.2, 0.25) is 0 Å². The van der Waals surface area contributed by atoms with Gasteiger partial charge in [0.15, 0.2) is 0 Å². The molecule has 16 heavy (non-hydrogen) atoms. The van der Waals surface area contributed by atoms with Gasteiger partial charge in [-0.25, -0.2) is 0 Å². The van der Waals surface area contributed by atoms with Crippen LogP contribution in [-0.2, 0) is 6.54 Å². The highest BCUT2D eigenvalue weighted by molar-refractivity contribution is 5.46. The lowest BCUT2D eigenvalue weighted by Crippen LogP contribution is -2.24. The zero-order valence-electron chi connectivity index (χ0n) is 9.76. The van der Waals surface area contributed by atoms with Crippen molar-refractivity contribution >= 4 is 5.69 Å². The Morgan fingerprint density at radius 2 is 2.25 bits per heavy atom. The Balaban J connectivity index is 1.95. The van der Waals surface area contributed by atoms with Gasteiger partial charge in [0.25, 0.3) is 0 Å². The molecule has 0 bridgehead atoms. The molecular formula is C13H20N2O. The number of hydrogen-bond donors (Lipinski definition) is 2. The van der Waals surface area contributed by atoms with Crippen molar-refractivity contribution in [2.75, 3.05) is 18.8 Å². The number of para-hydroxylation sites is 1. The topological polar surface area (TPSA) is 49.5 Å². The van der Waals surface area contributed by atoms with E-state index in [1.807, 2.05) is 25.1 Å². The summed E-state index contributed by atoms with van der Waals surface area (Å²) in [7, 11) is 0. The number of anilines is 1. The summed E-state index contributed by atoms with van der Waals surface area (Å²) in [6.45, 7) is 4.82. The number of likely N-dealkylation sites (tertiary alicyclic amines) is 1. The standard InChI is InChI=1S/C13H20N2O/c1-10(16)11-6-7-15(8-11)9-12-4-2-3-5-13(12)14/h2-5,10-11,16H,6-9,14H2,1H3. The Kier molecular flexibility index (Phi) is 3.46. The van der Waals surface area contributed by atoms with E-state index in [9.17, 15) is 5.11 Å². The number of rotatable bonds is 3. The van der Waals surface area contributed by atoms with E-state index < -0.39 is 0 Å². The maximum atomic E-state index is 9.54. The molecule has 3 heteroatoms. The largest absolute Gasteiger partial charge is 0.398 e. The zero-order chi connectivity index (χ0) is 11.5. The van der Waals surface area contributed by atoms with Crippen molar-refractivity contribution in [2.24, 2.45) is 5.92 Å². The Bertz CT molecular complexity index is 352. The first-order chi connectivity index (χ1) is 7.66. The minimum absolute atomic E-state index is 0.196. The van der Waals surface area contributed by atoms with Crippen LogP contribution in [0.25, 0.3) is 0 Å². The Hall–Kier alpha value is -1.06. The van der Waals surface area contributed by atoms with Crippen LogP contribution in [-0.4, -0.2) is 29.2 Å². The molecule has 0 amide bonds. The van der Waals surface area contributed by atoms with Crippen molar-refractivity contribution < 1.29 is 5.11 Å². The van der Waals surface area contributed by atoms with Crippen molar-refractivity contribution in [1.82, 2.24) is 4.90 Å². The van der Waals surface area contributed by atoms with Crippen LogP contribution >= 0.6 is 0 Å². The van der Waals surface area contributed by atoms with Crippen LogP contribution in [0.15, 0.2) is 24.3 Å². The van der Waals surface area contributed by atoms with Gasteiger partial charge in [-0.3, -0.25) is 4.90 Å². The summed E-state index contributed by atoms with van der Waals surface area (Å²) in [5.41, 5.74) is 7.97. The summed E-state index contributed by atoms with van der Waals surface area (Å²) in [6, 6.07) is 8.00. The van der Waals surface area contributed by atoms with Crippen LogP contribution in [0.5, 0.6) is 0 Å². The normalized spacial score (nSPS) is 23.5. The molecule has 88 valence electrons. The third-order valence-electron chi connectivity index (χ3n) is 3.44. The highest BCUT2D eigenvalue weighted by Crippen LogP contribution is 2.22. The molecule has 1 saturated heterocycles. The third-order valence-corrected chi connectivity index (χ3v) is 3.44. The lowest BCUT2D eigenvalue weighted by molar-refractivity contribution is 0.127. The van der Waals surface area contributed by atoms with E-state index in [2.05, 4.69) is 11.0 Å². The average molecular weight is 220 g/mol. The predicted molar refractivity (Wildman–Crippen MR) is 65.9 cm³/mol. The molecule has 1 aliphatic rings. The molecule has 2 atom stereocenters. The molecule has 3 nitrogen and oxygen atoms in total. The highest BCUT2D eigenvalue weighted by Gasteiger charge is 2.25. The van der Waals surface area contributed by atoms with Crippen LogP contribution in [0.3, 0.4) is 0 Å². The quantitative estimate of drug-likeness (QED) is 0.758. The van der Waals surface area contributed by atoms with Gasteiger partial charge in [-0.2, -0.15) is 0 Å². The fourth-order valence-corrected chi connectivity index (χ4v) is 2.32. The number of nitrogens with two attached hydrogens (primary N) is 1. The molecule has 1 aromatic carbocycles. The first kappa shape index (κ1) is 11.4. The van der Waals surface area contributed by atoms with Gasteiger partial charge in [-0.1, -0.05) is 18.2 Å². The maximum absolute atomic E-state index is 9.54. The third kappa shape index (κ3) is 2.54. The van der Waals surface area contributed by atoms with Crippen molar-refractivity contribution in [3.63, 3.8) is 0 Å². The van der Waals surface area contributed by atoms with E-state index in [0.29, 0.717) is 5.92 Å². The molecule has 2 rings (SSSR count). The van der Waals surface area contributed by atoms with E-state index in [-0.39, 0.29) is 6.10 Å². The van der Waals surface area contributed by atoms with E-state index in [1.165, 1.54) is 5.56 Å². The second-order valence-electron chi connectivity index (χ2n) is 4.72. The summed E-state index contributed by atoms with van der Waals surface area (Å²) in [4.78, 5) is 2.36. The summed E-state index contributed by atoms with van der Waals surface area (Å²) in [5, 5.41) is 9.54. The van der Waals surface area contributed by atoms with Gasteiger partial charge in [0.05, 0.1) is 6.10 Å². The van der Waals surface area contributed by atoms with Crippen LogP contribution in [0, 0.1) is 5.92 Å². The van der Waals surface area contributed by atoms with Gasteiger partial charge < -0.3 is 10.8 Å². The molecule has 1 aromatic rings. The van der Waals surface area contributed by atoms with Gasteiger partial charge in [0.1, 0.15) is 0 Å². The fourth-order valence-electron chi connectivity index (χ4n) is 2.32. The Labute approximate surface area is 96.9 Å². The summed E-state index contributed by atoms with van der Waals surface area (Å²) < 4.78 is 0. The molecular weight excluding hydrogens is 200 g/mol. The van der Waals surface area contributed by atoms with Gasteiger partial charge >= 0.3 is 0 Å². The lowest BCUT2D eigenvalue weighted by Gasteiger charge is -2.18. The van der Waals surface area contributed by atoms with Gasteiger partial charge in [0.2, 0.25) is 0 Å². The molecule has 0 aliphatic carbocycles. The SMILES string of the molecule is CC(O)C1CCN(Cc2ccccc2N)C1. The first-order valence-corrected chi connectivity index (χ1v) is 5.90. The molecule has 3 N–H and O–H groups in total. The maximum Gasteiger partial charge on any atom is 0.0552 e. The molecule has 1 aliphatic heterocycles. The number of nitrogens with zero attached hydrogens (tertiary/aromatic N) is 1. The van der Waals surface area contributed by atoms with Crippen molar-refractivity contribution in [3.05, 3.63) is 29.8 Å². The number of hydrogen-bond acceptors (Lipinski definition) is 3. The smallest absolute Gasteiger partial charge is 0.0552 e. The molecule has 0 saturated carbocycles. The van der Waals surface area contributed by atoms with Crippen LogP contribution in [0.4, 0.5) is 5.69 Å². The number of aliphatic hydroxyl groups excluding tert-OH is 1. The highest BCUT2D eigenvalue weighted by atomic mass is 16.3. The lowest BCUT2D eigenvalue weighted by atomic mass is 10.0. The molecule has 1 fully saturated rings. The van der Waals surface area contributed by atoms with Crippen LogP contribution in [0.1, 0.15) is 18.9 Å². The summed E-state index contributed by atoms with van der Waals surface area (Å²) in [6.07, 6.45) is 0.892. The molecule has 0 radical (unpaired) electrons. The molecule has 0 aromatic heterocycles. The van der Waals surface area contributed by atoms with E-state index >= 15 is 0 Å². The second-order valence-corrected chi connectivity index (χ2v) is 4.72. The molecule has 2 unspecified atom stereocenters. The number of aliphatic hydroxyl groups is 1. The van der Waals surface area contributed by atoms with Gasteiger partial charge in [-0.15, -0.1) is 0 Å². The molecule has 0 spiro atoms. The van der Waals surface area contributed by atoms with Gasteiger partial charge in [0, 0.05) is 18.8 Å². The number of nitrogen functional groups attached to an aromatic ring is 1. The summed E-state index contributed by atoms with van der Waals surface area (Å²) >= 11 is 0. The zero-order valence-corrected chi connectivity index (χ0v) is 9.76. The number of benzene rings is 1. The van der Waals surface area contributed by atoms with Crippen LogP contribution < -0.4 is 5.73 Å². The Morgan fingerprint density at radius 3 is 2.88 bits per heavy atom. The Morgan fingerprint density at radius 1 is 1.50 bits per heavy atom. The second kappa shape index (κ2) is 4.85. The minimum atomic E-state index is -0.196. The first-order valence-electron chi connectivity index (χ1n) is 5.90.